The lowest BCUT2D eigenvalue weighted by Gasteiger charge is -2.40. The Morgan fingerprint density at radius 2 is 2.00 bits per heavy atom. The molecule has 1 aromatic rings. The second-order valence-corrected chi connectivity index (χ2v) is 4.24. The summed E-state index contributed by atoms with van der Waals surface area (Å²) in [6, 6.07) is 5.98. The van der Waals surface area contributed by atoms with Gasteiger partial charge in [-0.15, -0.1) is 0 Å². The quantitative estimate of drug-likeness (QED) is 0.829. The second-order valence-electron chi connectivity index (χ2n) is 4.24. The highest BCUT2D eigenvalue weighted by Gasteiger charge is 2.52. The van der Waals surface area contributed by atoms with Crippen molar-refractivity contribution in [1.82, 2.24) is 0 Å². The maximum atomic E-state index is 14.2. The van der Waals surface area contributed by atoms with Gasteiger partial charge in [0.1, 0.15) is 17.3 Å². The van der Waals surface area contributed by atoms with Crippen molar-refractivity contribution in [3.63, 3.8) is 0 Å². The van der Waals surface area contributed by atoms with E-state index in [1.807, 2.05) is 0 Å². The number of phenolic OH excluding ortho intramolecular Hbond substituents is 1. The van der Waals surface area contributed by atoms with Crippen LogP contribution in [0.1, 0.15) is 31.0 Å². The van der Waals surface area contributed by atoms with E-state index in [2.05, 4.69) is 0 Å². The van der Waals surface area contributed by atoms with E-state index in [0.717, 1.165) is 6.42 Å². The summed E-state index contributed by atoms with van der Waals surface area (Å²) in [5.74, 6) is -1.29. The maximum Gasteiger partial charge on any atom is 0.312 e. The molecule has 0 radical (unpaired) electrons. The fourth-order valence-corrected chi connectivity index (χ4v) is 2.13. The molecule has 0 heterocycles. The van der Waals surface area contributed by atoms with Gasteiger partial charge >= 0.3 is 5.97 Å². The van der Waals surface area contributed by atoms with E-state index in [-0.39, 0.29) is 11.3 Å². The molecule has 0 spiro atoms. The van der Waals surface area contributed by atoms with E-state index in [4.69, 9.17) is 5.11 Å². The van der Waals surface area contributed by atoms with Crippen LogP contribution in [0.3, 0.4) is 0 Å². The van der Waals surface area contributed by atoms with Crippen LogP contribution in [0, 0.1) is 5.41 Å². The van der Waals surface area contributed by atoms with Crippen molar-refractivity contribution in [3.05, 3.63) is 29.8 Å². The van der Waals surface area contributed by atoms with Gasteiger partial charge in [-0.2, -0.15) is 0 Å². The van der Waals surface area contributed by atoms with E-state index in [1.165, 1.54) is 12.1 Å². The number of carboxylic acid groups (broad SMARTS) is 1. The highest BCUT2D eigenvalue weighted by atomic mass is 19.1. The number of alkyl halides is 1. The minimum absolute atomic E-state index is 0.0737. The fraction of sp³-hybridized carbons (Fsp3) is 0.417. The highest BCUT2D eigenvalue weighted by Crippen LogP contribution is 2.53. The van der Waals surface area contributed by atoms with E-state index >= 15 is 0 Å². The van der Waals surface area contributed by atoms with Crippen LogP contribution in [0.4, 0.5) is 4.39 Å². The Morgan fingerprint density at radius 1 is 1.38 bits per heavy atom. The average Bonchev–Trinajstić information content (AvgIpc) is 2.15. The Bertz CT molecular complexity index is 412. The SMILES string of the molecule is O=C(O)C1(C(F)c2ccccc2O)CCC1. The lowest BCUT2D eigenvalue weighted by molar-refractivity contribution is -0.161. The van der Waals surface area contributed by atoms with E-state index in [1.54, 1.807) is 12.1 Å². The smallest absolute Gasteiger partial charge is 0.312 e. The van der Waals surface area contributed by atoms with Gasteiger partial charge in [-0.1, -0.05) is 24.6 Å². The topological polar surface area (TPSA) is 57.5 Å². The van der Waals surface area contributed by atoms with Gasteiger partial charge in [0.05, 0.1) is 0 Å². The number of phenols is 1. The molecule has 2 N–H and O–H groups in total. The van der Waals surface area contributed by atoms with Crippen LogP contribution in [-0.4, -0.2) is 16.2 Å². The summed E-state index contributed by atoms with van der Waals surface area (Å²) in [5, 5.41) is 18.6. The summed E-state index contributed by atoms with van der Waals surface area (Å²) in [6.07, 6.45) is -0.254. The molecule has 0 amide bonds. The first-order valence-electron chi connectivity index (χ1n) is 5.23. The number of hydrogen-bond acceptors (Lipinski definition) is 2. The van der Waals surface area contributed by atoms with Gasteiger partial charge in [0, 0.05) is 5.56 Å². The first-order valence-corrected chi connectivity index (χ1v) is 5.23. The van der Waals surface area contributed by atoms with Gasteiger partial charge in [-0.3, -0.25) is 4.79 Å². The fourth-order valence-electron chi connectivity index (χ4n) is 2.13. The van der Waals surface area contributed by atoms with Gasteiger partial charge in [0.25, 0.3) is 0 Å². The molecule has 16 heavy (non-hydrogen) atoms. The summed E-state index contributed by atoms with van der Waals surface area (Å²) >= 11 is 0. The van der Waals surface area contributed by atoms with Crippen LogP contribution >= 0.6 is 0 Å². The third-order valence-corrected chi connectivity index (χ3v) is 3.37. The summed E-state index contributed by atoms with van der Waals surface area (Å²) in [7, 11) is 0. The van der Waals surface area contributed by atoms with Gasteiger partial charge in [-0.05, 0) is 18.9 Å². The van der Waals surface area contributed by atoms with Gasteiger partial charge < -0.3 is 10.2 Å². The molecule has 86 valence electrons. The van der Waals surface area contributed by atoms with Gasteiger partial charge in [0.2, 0.25) is 0 Å². The molecule has 1 atom stereocenters. The molecule has 0 saturated heterocycles. The predicted molar refractivity (Wildman–Crippen MR) is 55.9 cm³/mol. The number of aliphatic carboxylic acids is 1. The first-order chi connectivity index (χ1) is 7.58. The Hall–Kier alpha value is -1.58. The number of carboxylic acids is 1. The minimum atomic E-state index is -1.64. The molecule has 1 saturated carbocycles. The number of hydrogen-bond donors (Lipinski definition) is 2. The number of para-hydroxylation sites is 1. The van der Waals surface area contributed by atoms with Crippen LogP contribution in [0.15, 0.2) is 24.3 Å². The summed E-state index contributed by atoms with van der Waals surface area (Å²) in [5.41, 5.74) is -1.26. The molecule has 1 aliphatic carbocycles. The normalized spacial score (nSPS) is 19.8. The van der Waals surface area contributed by atoms with Crippen LogP contribution in [0.2, 0.25) is 0 Å². The second kappa shape index (κ2) is 3.77. The zero-order chi connectivity index (χ0) is 11.8. The van der Waals surface area contributed by atoms with Crippen LogP contribution in [-0.2, 0) is 4.79 Å². The van der Waals surface area contributed by atoms with Crippen molar-refractivity contribution in [2.75, 3.05) is 0 Å². The molecule has 0 bridgehead atoms. The van der Waals surface area contributed by atoms with Crippen molar-refractivity contribution >= 4 is 5.97 Å². The van der Waals surface area contributed by atoms with Crippen molar-refractivity contribution < 1.29 is 19.4 Å². The molecular weight excluding hydrogens is 211 g/mol. The number of carbonyl (C=O) groups is 1. The summed E-state index contributed by atoms with van der Waals surface area (Å²) in [6.45, 7) is 0. The zero-order valence-corrected chi connectivity index (χ0v) is 8.69. The molecule has 1 unspecified atom stereocenters. The van der Waals surface area contributed by atoms with Gasteiger partial charge in [0.15, 0.2) is 0 Å². The van der Waals surface area contributed by atoms with Crippen molar-refractivity contribution in [2.24, 2.45) is 5.41 Å². The Kier molecular flexibility index (Phi) is 2.58. The van der Waals surface area contributed by atoms with Crippen LogP contribution in [0.25, 0.3) is 0 Å². The van der Waals surface area contributed by atoms with Crippen LogP contribution in [0.5, 0.6) is 5.75 Å². The summed E-state index contributed by atoms with van der Waals surface area (Å²) in [4.78, 5) is 11.1. The Balaban J connectivity index is 2.35. The van der Waals surface area contributed by atoms with Crippen molar-refractivity contribution in [3.8, 4) is 5.75 Å². The van der Waals surface area contributed by atoms with E-state index < -0.39 is 17.6 Å². The average molecular weight is 224 g/mol. The van der Waals surface area contributed by atoms with E-state index in [9.17, 15) is 14.3 Å². The van der Waals surface area contributed by atoms with Crippen LogP contribution < -0.4 is 0 Å². The maximum absolute atomic E-state index is 14.2. The molecular formula is C12H13FO3. The lowest BCUT2D eigenvalue weighted by atomic mass is 9.64. The molecule has 1 fully saturated rings. The first kappa shape index (κ1) is 10.9. The Morgan fingerprint density at radius 3 is 2.44 bits per heavy atom. The molecule has 1 aliphatic rings. The van der Waals surface area contributed by atoms with Crippen molar-refractivity contribution in [2.45, 2.75) is 25.4 Å². The molecule has 1 aromatic carbocycles. The Labute approximate surface area is 92.5 Å². The third kappa shape index (κ3) is 1.45. The molecule has 3 nitrogen and oxygen atoms in total. The molecule has 2 rings (SSSR count). The van der Waals surface area contributed by atoms with Gasteiger partial charge in [-0.25, -0.2) is 4.39 Å². The molecule has 0 aliphatic heterocycles. The lowest BCUT2D eigenvalue weighted by Crippen LogP contribution is -2.41. The highest BCUT2D eigenvalue weighted by molar-refractivity contribution is 5.77. The number of halogens is 1. The number of rotatable bonds is 3. The minimum Gasteiger partial charge on any atom is -0.508 e. The standard InChI is InChI=1S/C12H13FO3/c13-10(8-4-1-2-5-9(8)14)12(11(15)16)6-3-7-12/h1-2,4-5,10,14H,3,6-7H2,(H,15,16). The van der Waals surface area contributed by atoms with Crippen molar-refractivity contribution in [1.29, 1.82) is 0 Å². The monoisotopic (exact) mass is 224 g/mol. The number of aromatic hydroxyl groups is 1. The number of benzene rings is 1. The zero-order valence-electron chi connectivity index (χ0n) is 8.69. The summed E-state index contributed by atoms with van der Waals surface area (Å²) < 4.78 is 14.2. The predicted octanol–water partition coefficient (Wildman–Crippen LogP) is 2.66. The third-order valence-electron chi connectivity index (χ3n) is 3.37. The largest absolute Gasteiger partial charge is 0.508 e. The van der Waals surface area contributed by atoms with E-state index in [0.29, 0.717) is 12.8 Å². The molecule has 0 aromatic heterocycles. The molecule has 4 heteroatoms.